The van der Waals surface area contributed by atoms with E-state index < -0.39 is 0 Å². The zero-order valence-corrected chi connectivity index (χ0v) is 12.7. The lowest BCUT2D eigenvalue weighted by atomic mass is 10.0. The van der Waals surface area contributed by atoms with Gasteiger partial charge in [-0.3, -0.25) is 9.36 Å². The average molecular weight is 311 g/mol. The van der Waals surface area contributed by atoms with Gasteiger partial charge in [0.25, 0.3) is 5.56 Å². The van der Waals surface area contributed by atoms with E-state index in [-0.39, 0.29) is 5.56 Å². The number of fused-ring (bicyclic) bond motifs is 1. The minimum atomic E-state index is -0.178. The molecule has 108 valence electrons. The van der Waals surface area contributed by atoms with Gasteiger partial charge in [0, 0.05) is 29.4 Å². The standard InChI is InChI=1S/C16H11ClN4O/c1-9-16(22)21(2)15-14(20-9)12(5-6-19-15)11-4-3-10(8-18)7-13(11)17/h3-7H,1-2H3. The highest BCUT2D eigenvalue weighted by atomic mass is 35.5. The molecule has 0 spiro atoms. The molecule has 0 aliphatic heterocycles. The summed E-state index contributed by atoms with van der Waals surface area (Å²) in [7, 11) is 1.66. The van der Waals surface area contributed by atoms with E-state index in [1.54, 1.807) is 44.4 Å². The second-order valence-corrected chi connectivity index (χ2v) is 5.31. The molecule has 0 N–H and O–H groups in total. The number of pyridine rings is 1. The summed E-state index contributed by atoms with van der Waals surface area (Å²) in [5.74, 6) is 0. The molecule has 0 bridgehead atoms. The summed E-state index contributed by atoms with van der Waals surface area (Å²) in [6.07, 6.45) is 1.61. The van der Waals surface area contributed by atoms with Gasteiger partial charge in [-0.25, -0.2) is 9.97 Å². The van der Waals surface area contributed by atoms with Crippen molar-refractivity contribution >= 4 is 22.8 Å². The van der Waals surface area contributed by atoms with Gasteiger partial charge in [-0.05, 0) is 25.1 Å². The largest absolute Gasteiger partial charge is 0.293 e. The molecule has 0 saturated carbocycles. The lowest BCUT2D eigenvalue weighted by Gasteiger charge is -2.10. The first kappa shape index (κ1) is 14.2. The Balaban J connectivity index is 2.38. The summed E-state index contributed by atoms with van der Waals surface area (Å²) < 4.78 is 1.47. The summed E-state index contributed by atoms with van der Waals surface area (Å²) in [6.45, 7) is 1.67. The average Bonchev–Trinajstić information content (AvgIpc) is 2.52. The smallest absolute Gasteiger partial charge is 0.273 e. The number of hydrogen-bond acceptors (Lipinski definition) is 4. The molecule has 2 heterocycles. The molecule has 0 radical (unpaired) electrons. The molecule has 0 saturated heterocycles. The van der Waals surface area contributed by atoms with Crippen LogP contribution in [0, 0.1) is 18.3 Å². The molecule has 5 nitrogen and oxygen atoms in total. The maximum Gasteiger partial charge on any atom is 0.273 e. The van der Waals surface area contributed by atoms with Crippen LogP contribution in [0.2, 0.25) is 5.02 Å². The van der Waals surface area contributed by atoms with Gasteiger partial charge in [-0.1, -0.05) is 17.7 Å². The minimum absolute atomic E-state index is 0.178. The van der Waals surface area contributed by atoms with Crippen LogP contribution >= 0.6 is 11.6 Å². The Kier molecular flexibility index (Phi) is 3.39. The van der Waals surface area contributed by atoms with Crippen molar-refractivity contribution in [1.82, 2.24) is 14.5 Å². The summed E-state index contributed by atoms with van der Waals surface area (Å²) >= 11 is 6.29. The highest BCUT2D eigenvalue weighted by Crippen LogP contribution is 2.32. The van der Waals surface area contributed by atoms with Gasteiger partial charge in [-0.2, -0.15) is 5.26 Å². The van der Waals surface area contributed by atoms with E-state index in [0.29, 0.717) is 27.4 Å². The Bertz CT molecular complexity index is 1000. The number of nitriles is 1. The van der Waals surface area contributed by atoms with Crippen molar-refractivity contribution in [3.8, 4) is 17.2 Å². The second-order valence-electron chi connectivity index (χ2n) is 4.90. The first-order valence-corrected chi connectivity index (χ1v) is 6.93. The quantitative estimate of drug-likeness (QED) is 0.693. The Labute approximate surface area is 131 Å². The van der Waals surface area contributed by atoms with Crippen molar-refractivity contribution in [2.75, 3.05) is 0 Å². The summed E-state index contributed by atoms with van der Waals surface area (Å²) in [4.78, 5) is 20.6. The van der Waals surface area contributed by atoms with Gasteiger partial charge in [0.2, 0.25) is 0 Å². The maximum absolute atomic E-state index is 12.0. The fraction of sp³-hybridized carbons (Fsp3) is 0.125. The van der Waals surface area contributed by atoms with Crippen LogP contribution in [0.25, 0.3) is 22.3 Å². The third-order valence-corrected chi connectivity index (χ3v) is 3.82. The van der Waals surface area contributed by atoms with Crippen molar-refractivity contribution in [3.05, 3.63) is 57.1 Å². The molecule has 1 aromatic carbocycles. The van der Waals surface area contributed by atoms with E-state index in [1.165, 1.54) is 4.57 Å². The summed E-state index contributed by atoms with van der Waals surface area (Å²) in [5, 5.41) is 9.39. The first-order valence-electron chi connectivity index (χ1n) is 6.55. The molecule has 6 heteroatoms. The first-order chi connectivity index (χ1) is 10.5. The lowest BCUT2D eigenvalue weighted by Crippen LogP contribution is -2.22. The Morgan fingerprint density at radius 2 is 2.05 bits per heavy atom. The van der Waals surface area contributed by atoms with Crippen LogP contribution in [-0.4, -0.2) is 14.5 Å². The molecule has 3 rings (SSSR count). The van der Waals surface area contributed by atoms with Gasteiger partial charge in [0.05, 0.1) is 11.6 Å². The van der Waals surface area contributed by atoms with Crippen molar-refractivity contribution in [3.63, 3.8) is 0 Å². The molecular weight excluding hydrogens is 300 g/mol. The summed E-state index contributed by atoms with van der Waals surface area (Å²) in [5.41, 5.74) is 3.33. The number of benzene rings is 1. The van der Waals surface area contributed by atoms with E-state index in [9.17, 15) is 4.79 Å². The summed E-state index contributed by atoms with van der Waals surface area (Å²) in [6, 6.07) is 8.93. The predicted octanol–water partition coefficient (Wildman–Crippen LogP) is 2.83. The Morgan fingerprint density at radius 1 is 1.27 bits per heavy atom. The van der Waals surface area contributed by atoms with Gasteiger partial charge in [0.1, 0.15) is 11.2 Å². The SMILES string of the molecule is Cc1nc2c(-c3ccc(C#N)cc3Cl)ccnc2n(C)c1=O. The van der Waals surface area contributed by atoms with Crippen LogP contribution < -0.4 is 5.56 Å². The van der Waals surface area contributed by atoms with Crippen LogP contribution in [0.5, 0.6) is 0 Å². The van der Waals surface area contributed by atoms with E-state index in [0.717, 1.165) is 11.1 Å². The minimum Gasteiger partial charge on any atom is -0.293 e. The maximum atomic E-state index is 12.0. The number of aromatic nitrogens is 3. The van der Waals surface area contributed by atoms with E-state index >= 15 is 0 Å². The number of hydrogen-bond donors (Lipinski definition) is 0. The van der Waals surface area contributed by atoms with E-state index in [2.05, 4.69) is 16.0 Å². The molecular formula is C16H11ClN4O. The molecule has 22 heavy (non-hydrogen) atoms. The number of rotatable bonds is 1. The third-order valence-electron chi connectivity index (χ3n) is 3.50. The zero-order valence-electron chi connectivity index (χ0n) is 12.0. The fourth-order valence-corrected chi connectivity index (χ4v) is 2.66. The third kappa shape index (κ3) is 2.14. The Hall–Kier alpha value is -2.71. The molecule has 0 aliphatic rings. The van der Waals surface area contributed by atoms with Gasteiger partial charge in [0.15, 0.2) is 5.65 Å². The molecule has 0 fully saturated rings. The van der Waals surface area contributed by atoms with Crippen LogP contribution in [0.3, 0.4) is 0 Å². The lowest BCUT2D eigenvalue weighted by molar-refractivity contribution is 0.856. The second kappa shape index (κ2) is 5.24. The van der Waals surface area contributed by atoms with Crippen molar-refractivity contribution in [2.45, 2.75) is 6.92 Å². The van der Waals surface area contributed by atoms with E-state index in [4.69, 9.17) is 16.9 Å². The van der Waals surface area contributed by atoms with Gasteiger partial charge < -0.3 is 0 Å². The molecule has 0 unspecified atom stereocenters. The number of aryl methyl sites for hydroxylation is 2. The van der Waals surface area contributed by atoms with Gasteiger partial charge >= 0.3 is 0 Å². The van der Waals surface area contributed by atoms with Crippen molar-refractivity contribution in [1.29, 1.82) is 5.26 Å². The molecule has 3 aromatic rings. The zero-order chi connectivity index (χ0) is 15.9. The number of nitrogens with zero attached hydrogens (tertiary/aromatic N) is 4. The topological polar surface area (TPSA) is 71.6 Å². The van der Waals surface area contributed by atoms with Crippen LogP contribution in [-0.2, 0) is 7.05 Å². The Morgan fingerprint density at radius 3 is 2.73 bits per heavy atom. The van der Waals surface area contributed by atoms with E-state index in [1.807, 2.05) is 0 Å². The molecule has 0 atom stereocenters. The van der Waals surface area contributed by atoms with Crippen LogP contribution in [0.15, 0.2) is 35.3 Å². The predicted molar refractivity (Wildman–Crippen MR) is 84.7 cm³/mol. The molecule has 0 aliphatic carbocycles. The highest BCUT2D eigenvalue weighted by molar-refractivity contribution is 6.33. The molecule has 2 aromatic heterocycles. The van der Waals surface area contributed by atoms with Gasteiger partial charge in [-0.15, -0.1) is 0 Å². The monoisotopic (exact) mass is 310 g/mol. The highest BCUT2D eigenvalue weighted by Gasteiger charge is 2.13. The van der Waals surface area contributed by atoms with Crippen LogP contribution in [0.1, 0.15) is 11.3 Å². The number of halogens is 1. The molecule has 0 amide bonds. The van der Waals surface area contributed by atoms with Crippen LogP contribution in [0.4, 0.5) is 0 Å². The normalized spacial score (nSPS) is 10.6. The van der Waals surface area contributed by atoms with Crippen molar-refractivity contribution < 1.29 is 0 Å². The van der Waals surface area contributed by atoms with Crippen molar-refractivity contribution in [2.24, 2.45) is 7.05 Å². The fourth-order valence-electron chi connectivity index (χ4n) is 2.37.